The van der Waals surface area contributed by atoms with E-state index >= 15 is 0 Å². The SMILES string of the molecule is C[C@@H]1O[C@H](O[C@H]2[C@@H](O)[C@@H](CO)OC(O)[C@@H]2O)[C@@H](O)[C@H](O)[C@@H]1O. The average molecular weight is 326 g/mol. The van der Waals surface area contributed by atoms with Crippen molar-refractivity contribution in [3.63, 3.8) is 0 Å². The van der Waals surface area contributed by atoms with E-state index in [2.05, 4.69) is 0 Å². The van der Waals surface area contributed by atoms with Crippen LogP contribution >= 0.6 is 0 Å². The van der Waals surface area contributed by atoms with Gasteiger partial charge in [-0.3, -0.25) is 0 Å². The summed E-state index contributed by atoms with van der Waals surface area (Å²) in [6.45, 7) is 0.814. The Bertz CT molecular complexity index is 368. The van der Waals surface area contributed by atoms with Crippen molar-refractivity contribution in [1.29, 1.82) is 0 Å². The monoisotopic (exact) mass is 326 g/mol. The number of hydrogen-bond donors (Lipinski definition) is 7. The highest BCUT2D eigenvalue weighted by Gasteiger charge is 2.49. The molecule has 0 radical (unpaired) electrons. The first-order chi connectivity index (χ1) is 10.3. The van der Waals surface area contributed by atoms with Crippen LogP contribution in [0, 0.1) is 0 Å². The van der Waals surface area contributed by atoms with E-state index in [4.69, 9.17) is 19.3 Å². The normalized spacial score (nSPS) is 53.5. The van der Waals surface area contributed by atoms with Crippen LogP contribution in [0.15, 0.2) is 0 Å². The molecule has 10 atom stereocenters. The maximum Gasteiger partial charge on any atom is 0.187 e. The van der Waals surface area contributed by atoms with Gasteiger partial charge in [-0.05, 0) is 6.92 Å². The van der Waals surface area contributed by atoms with Crippen molar-refractivity contribution in [1.82, 2.24) is 0 Å². The molecule has 10 heteroatoms. The highest BCUT2D eigenvalue weighted by atomic mass is 16.7. The van der Waals surface area contributed by atoms with Gasteiger partial charge in [-0.25, -0.2) is 0 Å². The second-order valence-corrected chi connectivity index (χ2v) is 5.51. The van der Waals surface area contributed by atoms with Crippen LogP contribution in [0.25, 0.3) is 0 Å². The van der Waals surface area contributed by atoms with Gasteiger partial charge in [-0.15, -0.1) is 0 Å². The molecule has 0 aromatic heterocycles. The van der Waals surface area contributed by atoms with Crippen LogP contribution in [-0.4, -0.2) is 104 Å². The highest BCUT2D eigenvalue weighted by molar-refractivity contribution is 4.93. The predicted octanol–water partition coefficient (Wildman–Crippen LogP) is -4.37. The maximum absolute atomic E-state index is 9.99. The third kappa shape index (κ3) is 3.26. The second kappa shape index (κ2) is 7.01. The van der Waals surface area contributed by atoms with E-state index in [-0.39, 0.29) is 0 Å². The van der Waals surface area contributed by atoms with Crippen LogP contribution in [0.4, 0.5) is 0 Å². The summed E-state index contributed by atoms with van der Waals surface area (Å²) in [7, 11) is 0. The Morgan fingerprint density at radius 1 is 0.818 bits per heavy atom. The highest BCUT2D eigenvalue weighted by Crippen LogP contribution is 2.28. The summed E-state index contributed by atoms with van der Waals surface area (Å²) in [5, 5.41) is 67.6. The topological polar surface area (TPSA) is 169 Å². The summed E-state index contributed by atoms with van der Waals surface area (Å²) >= 11 is 0. The Kier molecular flexibility index (Phi) is 5.72. The summed E-state index contributed by atoms with van der Waals surface area (Å²) in [5.74, 6) is 0. The number of rotatable bonds is 3. The van der Waals surface area contributed by atoms with Crippen molar-refractivity contribution < 1.29 is 50.0 Å². The number of aliphatic hydroxyl groups is 7. The first kappa shape index (κ1) is 17.9. The molecule has 2 saturated heterocycles. The molecule has 0 bridgehead atoms. The minimum Gasteiger partial charge on any atom is -0.394 e. The Hall–Kier alpha value is -0.400. The Labute approximate surface area is 126 Å². The van der Waals surface area contributed by atoms with Gasteiger partial charge in [-0.1, -0.05) is 0 Å². The van der Waals surface area contributed by atoms with Crippen molar-refractivity contribution >= 4 is 0 Å². The van der Waals surface area contributed by atoms with E-state index in [0.29, 0.717) is 0 Å². The standard InChI is InChI=1S/C12H22O10/c1-3-5(14)7(16)8(17)12(20-3)22-10-6(15)4(2-13)21-11(19)9(10)18/h3-19H,2H2,1H3/t3-,4+,5+,6-,7+,8-,9+,10-,11?,12+/m0/s1. The summed E-state index contributed by atoms with van der Waals surface area (Å²) < 4.78 is 15.3. The lowest BCUT2D eigenvalue weighted by Crippen LogP contribution is -2.63. The van der Waals surface area contributed by atoms with E-state index in [0.717, 1.165) is 0 Å². The van der Waals surface area contributed by atoms with E-state index in [1.54, 1.807) is 0 Å². The molecule has 0 aromatic carbocycles. The van der Waals surface area contributed by atoms with Crippen LogP contribution in [0.2, 0.25) is 0 Å². The lowest BCUT2D eigenvalue weighted by Gasteiger charge is -2.44. The molecule has 2 rings (SSSR count). The van der Waals surface area contributed by atoms with Gasteiger partial charge in [-0.2, -0.15) is 0 Å². The summed E-state index contributed by atoms with van der Waals surface area (Å²) in [5.41, 5.74) is 0. The summed E-state index contributed by atoms with van der Waals surface area (Å²) in [4.78, 5) is 0. The van der Waals surface area contributed by atoms with E-state index in [1.807, 2.05) is 0 Å². The second-order valence-electron chi connectivity index (χ2n) is 5.51. The zero-order chi connectivity index (χ0) is 16.6. The van der Waals surface area contributed by atoms with Crippen LogP contribution in [-0.2, 0) is 14.2 Å². The fourth-order valence-electron chi connectivity index (χ4n) is 2.51. The molecule has 7 N–H and O–H groups in total. The number of aliphatic hydroxyl groups excluding tert-OH is 7. The quantitative estimate of drug-likeness (QED) is 0.269. The van der Waals surface area contributed by atoms with E-state index in [1.165, 1.54) is 6.92 Å². The predicted molar refractivity (Wildman–Crippen MR) is 67.2 cm³/mol. The fourth-order valence-corrected chi connectivity index (χ4v) is 2.51. The molecule has 0 saturated carbocycles. The molecular weight excluding hydrogens is 304 g/mol. The molecule has 2 aliphatic heterocycles. The summed E-state index contributed by atoms with van der Waals surface area (Å²) in [6, 6.07) is 0. The minimum atomic E-state index is -1.71. The lowest BCUT2D eigenvalue weighted by molar-refractivity contribution is -0.352. The van der Waals surface area contributed by atoms with Crippen molar-refractivity contribution in [2.45, 2.75) is 68.3 Å². The minimum absolute atomic E-state index is 0.628. The molecule has 0 aromatic rings. The molecule has 2 heterocycles. The molecular formula is C12H22O10. The molecule has 2 fully saturated rings. The average Bonchev–Trinajstić information content (AvgIpc) is 2.50. The molecule has 22 heavy (non-hydrogen) atoms. The van der Waals surface area contributed by atoms with Crippen molar-refractivity contribution in [2.24, 2.45) is 0 Å². The zero-order valence-corrected chi connectivity index (χ0v) is 11.8. The Balaban J connectivity index is 2.10. The smallest absolute Gasteiger partial charge is 0.187 e. The van der Waals surface area contributed by atoms with Gasteiger partial charge < -0.3 is 50.0 Å². The summed E-state index contributed by atoms with van der Waals surface area (Å²) in [6.07, 6.45) is -14.3. The lowest BCUT2D eigenvalue weighted by atomic mass is 9.97. The molecule has 1 unspecified atom stereocenters. The van der Waals surface area contributed by atoms with Gasteiger partial charge in [0.25, 0.3) is 0 Å². The molecule has 0 spiro atoms. The maximum atomic E-state index is 9.99. The van der Waals surface area contributed by atoms with Crippen molar-refractivity contribution in [3.8, 4) is 0 Å². The van der Waals surface area contributed by atoms with Gasteiger partial charge in [0.15, 0.2) is 12.6 Å². The van der Waals surface area contributed by atoms with Crippen LogP contribution in [0.5, 0.6) is 0 Å². The van der Waals surface area contributed by atoms with E-state index < -0.39 is 68.0 Å². The third-order valence-corrected chi connectivity index (χ3v) is 3.94. The van der Waals surface area contributed by atoms with Gasteiger partial charge in [0, 0.05) is 0 Å². The van der Waals surface area contributed by atoms with Gasteiger partial charge >= 0.3 is 0 Å². The Morgan fingerprint density at radius 3 is 2.05 bits per heavy atom. The van der Waals surface area contributed by atoms with Crippen LogP contribution in [0.1, 0.15) is 6.92 Å². The van der Waals surface area contributed by atoms with Crippen molar-refractivity contribution in [2.75, 3.05) is 6.61 Å². The molecule has 130 valence electrons. The Morgan fingerprint density at radius 2 is 1.45 bits per heavy atom. The molecule has 0 aliphatic carbocycles. The van der Waals surface area contributed by atoms with Crippen molar-refractivity contribution in [3.05, 3.63) is 0 Å². The van der Waals surface area contributed by atoms with Crippen LogP contribution in [0.3, 0.4) is 0 Å². The largest absolute Gasteiger partial charge is 0.394 e. The van der Waals surface area contributed by atoms with E-state index in [9.17, 15) is 30.6 Å². The first-order valence-corrected chi connectivity index (χ1v) is 6.93. The van der Waals surface area contributed by atoms with Crippen LogP contribution < -0.4 is 0 Å². The molecule has 2 aliphatic rings. The fraction of sp³-hybridized carbons (Fsp3) is 1.00. The van der Waals surface area contributed by atoms with Gasteiger partial charge in [0.05, 0.1) is 12.7 Å². The molecule has 0 amide bonds. The number of ether oxygens (including phenoxy) is 3. The third-order valence-electron chi connectivity index (χ3n) is 3.94. The first-order valence-electron chi connectivity index (χ1n) is 6.93. The van der Waals surface area contributed by atoms with Gasteiger partial charge in [0.1, 0.15) is 42.7 Å². The zero-order valence-electron chi connectivity index (χ0n) is 11.8. The van der Waals surface area contributed by atoms with Gasteiger partial charge in [0.2, 0.25) is 0 Å². The number of hydrogen-bond acceptors (Lipinski definition) is 10. The molecule has 10 nitrogen and oxygen atoms in total.